The second-order valence-electron chi connectivity index (χ2n) is 3.60. The van der Waals surface area contributed by atoms with Gasteiger partial charge in [-0.2, -0.15) is 8.42 Å². The van der Waals surface area contributed by atoms with Gasteiger partial charge in [0.25, 0.3) is 20.6 Å². The first-order valence-corrected chi connectivity index (χ1v) is 6.60. The molecular weight excluding hydrogens is 280 g/mol. The third-order valence-corrected chi connectivity index (χ3v) is 3.26. The van der Waals surface area contributed by atoms with Crippen LogP contribution >= 0.6 is 11.6 Å². The molecule has 0 N–H and O–H groups in total. The summed E-state index contributed by atoms with van der Waals surface area (Å²) in [6, 6.07) is 3.24. The summed E-state index contributed by atoms with van der Waals surface area (Å²) in [5, 5.41) is -0.888. The lowest BCUT2D eigenvalue weighted by molar-refractivity contribution is 0.107. The van der Waals surface area contributed by atoms with Gasteiger partial charge in [0.2, 0.25) is 0 Å². The fourth-order valence-corrected chi connectivity index (χ4v) is 2.05. The lowest BCUT2D eigenvalue weighted by atomic mass is 10.1. The lowest BCUT2D eigenvalue weighted by Gasteiger charge is -2.20. The highest BCUT2D eigenvalue weighted by molar-refractivity contribution is 7.72. The normalized spacial score (nSPS) is 13.3. The summed E-state index contributed by atoms with van der Waals surface area (Å²) in [4.78, 5) is 11.3. The van der Waals surface area contributed by atoms with Crippen molar-refractivity contribution in [3.63, 3.8) is 0 Å². The van der Waals surface area contributed by atoms with Crippen LogP contribution in [0.2, 0.25) is 0 Å². The average Bonchev–Trinajstić information content (AvgIpc) is 2.36. The van der Waals surface area contributed by atoms with Crippen LogP contribution in [0.5, 0.6) is 11.5 Å². The Morgan fingerprint density at radius 1 is 1.44 bits per heavy atom. The molecule has 0 atom stereocenters. The van der Waals surface area contributed by atoms with Crippen molar-refractivity contribution in [1.82, 2.24) is 0 Å². The molecule has 5 nitrogen and oxygen atoms in total. The van der Waals surface area contributed by atoms with Crippen molar-refractivity contribution in [3.05, 3.63) is 23.3 Å². The molecule has 1 aliphatic heterocycles. The zero-order chi connectivity index (χ0) is 13.3. The molecule has 0 saturated heterocycles. The van der Waals surface area contributed by atoms with Crippen molar-refractivity contribution < 1.29 is 22.7 Å². The average molecular weight is 289 g/mol. The Morgan fingerprint density at radius 2 is 2.17 bits per heavy atom. The van der Waals surface area contributed by atoms with Gasteiger partial charge in [0.15, 0.2) is 18.1 Å². The van der Waals surface area contributed by atoms with Crippen molar-refractivity contribution >= 4 is 32.2 Å². The first-order chi connectivity index (χ1) is 8.52. The minimum absolute atomic E-state index is 0.182. The van der Waals surface area contributed by atoms with Crippen LogP contribution in [-0.4, -0.2) is 25.3 Å². The van der Waals surface area contributed by atoms with Crippen molar-refractivity contribution in [3.8, 4) is 11.5 Å². The Balaban J connectivity index is 2.61. The van der Waals surface area contributed by atoms with Crippen LogP contribution in [0.4, 0.5) is 0 Å². The number of hydrogen-bond acceptors (Lipinski definition) is 5. The predicted molar refractivity (Wildman–Crippen MR) is 66.1 cm³/mol. The number of hydrogen-bond donors (Lipinski definition) is 0. The lowest BCUT2D eigenvalue weighted by Crippen LogP contribution is -2.25. The van der Waals surface area contributed by atoms with Gasteiger partial charge in [-0.3, -0.25) is 4.79 Å². The smallest absolute Gasteiger partial charge is 0.260 e. The zero-order valence-electron chi connectivity index (χ0n) is 9.40. The fraction of sp³-hybridized carbons (Fsp3) is 0.273. The van der Waals surface area contributed by atoms with Gasteiger partial charge in [0, 0.05) is 0 Å². The summed E-state index contributed by atoms with van der Waals surface area (Å²) in [6.07, 6.45) is 0.656. The third-order valence-electron chi connectivity index (χ3n) is 2.48. The zero-order valence-corrected chi connectivity index (χ0v) is 11.0. The van der Waals surface area contributed by atoms with Crippen molar-refractivity contribution in [1.29, 1.82) is 0 Å². The number of ether oxygens (including phenoxy) is 2. The first kappa shape index (κ1) is 12.9. The second-order valence-corrected chi connectivity index (χ2v) is 4.86. The molecule has 1 heterocycles. The van der Waals surface area contributed by atoms with Gasteiger partial charge in [-0.1, -0.05) is 6.92 Å². The molecule has 0 aliphatic carbocycles. The number of carbonyl (C=O) groups excluding carboxylic acids is 1. The van der Waals surface area contributed by atoms with Crippen molar-refractivity contribution in [2.24, 2.45) is 0 Å². The standard InChI is InChI=1S/C11H9ClO5S/c1-2-6-3-7(11(12)13)10-8(4-6)17-9(5-16-10)18(14)15/h3-4H,2,5H2,1H3. The molecule has 0 spiro atoms. The van der Waals surface area contributed by atoms with E-state index in [9.17, 15) is 13.2 Å². The highest BCUT2D eigenvalue weighted by Crippen LogP contribution is 2.36. The van der Waals surface area contributed by atoms with Gasteiger partial charge in [0.1, 0.15) is 0 Å². The Labute approximate surface area is 110 Å². The first-order valence-electron chi connectivity index (χ1n) is 5.15. The largest absolute Gasteiger partial charge is 0.480 e. The highest BCUT2D eigenvalue weighted by Gasteiger charge is 2.24. The quantitative estimate of drug-likeness (QED) is 0.608. The number of benzene rings is 1. The molecule has 0 fully saturated rings. The Morgan fingerprint density at radius 3 is 2.72 bits per heavy atom. The van der Waals surface area contributed by atoms with Gasteiger partial charge >= 0.3 is 0 Å². The van der Waals surface area contributed by atoms with E-state index in [1.807, 2.05) is 6.92 Å². The molecule has 0 bridgehead atoms. The van der Waals surface area contributed by atoms with E-state index in [-0.39, 0.29) is 28.7 Å². The van der Waals surface area contributed by atoms with Gasteiger partial charge < -0.3 is 9.47 Å². The van der Waals surface area contributed by atoms with E-state index in [1.54, 1.807) is 12.1 Å². The molecule has 0 unspecified atom stereocenters. The van der Waals surface area contributed by atoms with E-state index in [2.05, 4.69) is 0 Å². The topological polar surface area (TPSA) is 69.7 Å². The van der Waals surface area contributed by atoms with E-state index in [4.69, 9.17) is 21.1 Å². The molecule has 1 aromatic rings. The summed E-state index contributed by atoms with van der Waals surface area (Å²) in [5.74, 6) is 0.380. The molecule has 7 heteroatoms. The third kappa shape index (κ3) is 2.34. The predicted octanol–water partition coefficient (Wildman–Crippen LogP) is 1.41. The maximum atomic E-state index is 11.3. The highest BCUT2D eigenvalue weighted by atomic mass is 35.5. The number of carbonyl (C=O) groups is 1. The Kier molecular flexibility index (Phi) is 3.58. The number of halogens is 1. The molecule has 0 aromatic heterocycles. The summed E-state index contributed by atoms with van der Waals surface area (Å²) in [6.45, 7) is 1.65. The summed E-state index contributed by atoms with van der Waals surface area (Å²) in [7, 11) is -2.48. The number of aryl methyl sites for hydroxylation is 1. The maximum absolute atomic E-state index is 11.3. The summed E-state index contributed by atoms with van der Waals surface area (Å²) < 4.78 is 32.0. The molecular formula is C11H9ClO5S. The van der Waals surface area contributed by atoms with Crippen LogP contribution in [0.1, 0.15) is 22.8 Å². The molecule has 2 rings (SSSR count). The van der Waals surface area contributed by atoms with E-state index in [0.29, 0.717) is 6.42 Å². The van der Waals surface area contributed by atoms with Crippen LogP contribution < -0.4 is 9.47 Å². The molecule has 0 radical (unpaired) electrons. The van der Waals surface area contributed by atoms with Crippen LogP contribution in [-0.2, 0) is 16.7 Å². The maximum Gasteiger partial charge on any atom is 0.260 e. The molecule has 0 amide bonds. The van der Waals surface area contributed by atoms with E-state index >= 15 is 0 Å². The monoisotopic (exact) mass is 288 g/mol. The Bertz CT molecular complexity index is 640. The SMILES string of the molecule is CCc1cc2c(c(C(=O)Cl)c1)OCC(=S(=O)=O)O2. The minimum Gasteiger partial charge on any atom is -0.480 e. The van der Waals surface area contributed by atoms with Crippen molar-refractivity contribution in [2.45, 2.75) is 13.3 Å². The van der Waals surface area contributed by atoms with Gasteiger partial charge in [0.05, 0.1) is 5.56 Å². The Hall–Kier alpha value is -1.53. The van der Waals surface area contributed by atoms with Crippen LogP contribution in [0.15, 0.2) is 12.1 Å². The molecule has 1 aliphatic rings. The molecule has 0 saturated carbocycles. The van der Waals surface area contributed by atoms with Crippen LogP contribution in [0.25, 0.3) is 0 Å². The minimum atomic E-state index is -2.48. The van der Waals surface area contributed by atoms with Crippen molar-refractivity contribution in [2.75, 3.05) is 6.61 Å². The van der Waals surface area contributed by atoms with E-state index in [1.165, 1.54) is 0 Å². The second kappa shape index (κ2) is 4.99. The molecule has 18 heavy (non-hydrogen) atoms. The summed E-state index contributed by atoms with van der Waals surface area (Å²) in [5.41, 5.74) is 0.987. The fourth-order valence-electron chi connectivity index (χ4n) is 1.60. The number of rotatable bonds is 2. The van der Waals surface area contributed by atoms with E-state index < -0.39 is 15.5 Å². The van der Waals surface area contributed by atoms with Crippen LogP contribution in [0.3, 0.4) is 0 Å². The van der Waals surface area contributed by atoms with Gasteiger partial charge in [-0.05, 0) is 35.7 Å². The van der Waals surface area contributed by atoms with Gasteiger partial charge in [-0.15, -0.1) is 0 Å². The number of fused-ring (bicyclic) bond motifs is 1. The van der Waals surface area contributed by atoms with E-state index in [0.717, 1.165) is 5.56 Å². The van der Waals surface area contributed by atoms with Crippen LogP contribution in [0, 0.1) is 0 Å². The molecule has 1 aromatic carbocycles. The summed E-state index contributed by atoms with van der Waals surface area (Å²) >= 11 is 5.47. The van der Waals surface area contributed by atoms with Gasteiger partial charge in [-0.25, -0.2) is 0 Å². The molecule has 96 valence electrons.